The van der Waals surface area contributed by atoms with Gasteiger partial charge in [-0.2, -0.15) is 0 Å². The van der Waals surface area contributed by atoms with Crippen LogP contribution in [0.2, 0.25) is 0 Å². The van der Waals surface area contributed by atoms with E-state index in [1.807, 2.05) is 0 Å². The van der Waals surface area contributed by atoms with E-state index >= 15 is 4.39 Å². The molecule has 2 N–H and O–H groups in total. The molecule has 10 heteroatoms. The molecular formula is C24H25F3N2O4S. The molecule has 1 heterocycles. The number of carbonyl (C=O) groups is 1. The summed E-state index contributed by atoms with van der Waals surface area (Å²) in [4.78, 5) is 14.7. The van der Waals surface area contributed by atoms with E-state index in [2.05, 4.69) is 4.72 Å². The number of halogens is 3. The topological polar surface area (TPSA) is 86.7 Å². The van der Waals surface area contributed by atoms with Crippen LogP contribution in [0.25, 0.3) is 11.1 Å². The van der Waals surface area contributed by atoms with Crippen molar-refractivity contribution in [2.45, 2.75) is 49.0 Å². The number of carbonyl (C=O) groups excluding carboxylic acids is 1. The Hall–Kier alpha value is -2.43. The number of amides is 1. The minimum Gasteiger partial charge on any atom is -0.388 e. The van der Waals surface area contributed by atoms with E-state index in [0.29, 0.717) is 25.8 Å². The molecule has 0 unspecified atom stereocenters. The van der Waals surface area contributed by atoms with Gasteiger partial charge in [0.05, 0.1) is 35.4 Å². The lowest BCUT2D eigenvalue weighted by atomic mass is 9.89. The van der Waals surface area contributed by atoms with Crippen LogP contribution >= 0.6 is 0 Å². The number of rotatable bonds is 7. The van der Waals surface area contributed by atoms with Crippen molar-refractivity contribution in [3.8, 4) is 11.1 Å². The molecule has 4 atom stereocenters. The van der Waals surface area contributed by atoms with E-state index in [9.17, 15) is 27.1 Å². The van der Waals surface area contributed by atoms with E-state index in [0.717, 1.165) is 18.4 Å². The molecule has 1 saturated heterocycles. The molecule has 5 rings (SSSR count). The lowest BCUT2D eigenvalue weighted by molar-refractivity contribution is -0.144. The largest absolute Gasteiger partial charge is 0.388 e. The molecule has 3 fully saturated rings. The van der Waals surface area contributed by atoms with Crippen molar-refractivity contribution < 1.29 is 31.5 Å². The number of benzene rings is 2. The van der Waals surface area contributed by atoms with Crippen molar-refractivity contribution >= 4 is 15.9 Å². The number of likely N-dealkylation sites (tertiary alicyclic amines) is 1. The van der Waals surface area contributed by atoms with Crippen LogP contribution in [-0.4, -0.2) is 54.8 Å². The van der Waals surface area contributed by atoms with Crippen molar-refractivity contribution in [3.63, 3.8) is 0 Å². The van der Waals surface area contributed by atoms with Gasteiger partial charge in [0.2, 0.25) is 15.9 Å². The van der Waals surface area contributed by atoms with Gasteiger partial charge >= 0.3 is 0 Å². The summed E-state index contributed by atoms with van der Waals surface area (Å²) < 4.78 is 71.1. The van der Waals surface area contributed by atoms with Crippen molar-refractivity contribution in [3.05, 3.63) is 59.7 Å². The summed E-state index contributed by atoms with van der Waals surface area (Å²) in [5, 5.41) is 10.6. The highest BCUT2D eigenvalue weighted by Gasteiger charge is 2.65. The molecule has 1 aliphatic heterocycles. The summed E-state index contributed by atoms with van der Waals surface area (Å²) >= 11 is 0. The van der Waals surface area contributed by atoms with Crippen LogP contribution in [0.4, 0.5) is 13.2 Å². The second kappa shape index (κ2) is 7.79. The Bertz CT molecular complexity index is 1250. The van der Waals surface area contributed by atoms with Crippen molar-refractivity contribution in [1.82, 2.24) is 9.62 Å². The molecular weight excluding hydrogens is 469 g/mol. The summed E-state index contributed by atoms with van der Waals surface area (Å²) in [5.74, 6) is -3.20. The number of aliphatic hydroxyl groups is 1. The molecule has 2 aromatic carbocycles. The molecule has 1 amide bonds. The Balaban J connectivity index is 1.41. The second-order valence-corrected chi connectivity index (χ2v) is 11.4. The first-order valence-corrected chi connectivity index (χ1v) is 13.1. The van der Waals surface area contributed by atoms with E-state index < -0.39 is 56.8 Å². The summed E-state index contributed by atoms with van der Waals surface area (Å²) in [7, 11) is -3.64. The van der Waals surface area contributed by atoms with Gasteiger partial charge in [0.25, 0.3) is 0 Å². The zero-order valence-corrected chi connectivity index (χ0v) is 19.3. The Morgan fingerprint density at radius 3 is 2.35 bits per heavy atom. The molecule has 182 valence electrons. The van der Waals surface area contributed by atoms with Crippen LogP contribution in [0, 0.1) is 17.6 Å². The number of sulfonamides is 1. The van der Waals surface area contributed by atoms with Gasteiger partial charge in [0, 0.05) is 13.0 Å². The summed E-state index contributed by atoms with van der Waals surface area (Å²) in [6.07, 6.45) is 2.15. The van der Waals surface area contributed by atoms with Crippen molar-refractivity contribution in [1.29, 1.82) is 0 Å². The Labute approximate surface area is 195 Å². The van der Waals surface area contributed by atoms with Gasteiger partial charge in [-0.15, -0.1) is 0 Å². The van der Waals surface area contributed by atoms with Gasteiger partial charge in [-0.1, -0.05) is 30.3 Å². The molecule has 3 aliphatic rings. The molecule has 0 aromatic heterocycles. The normalized spacial score (nSPS) is 28.2. The van der Waals surface area contributed by atoms with Crippen LogP contribution in [0.15, 0.2) is 42.5 Å². The zero-order valence-electron chi connectivity index (χ0n) is 18.5. The summed E-state index contributed by atoms with van der Waals surface area (Å²) in [6, 6.07) is 7.94. The SMILES string of the molecule is CS(=O)(=O)N[C@@H]([C@@H]1CCN1C(=O)[C@@H]1C[C@@]1(F)c1ccccc1-c1c(F)cccc1F)C1(O)CC1. The molecule has 34 heavy (non-hydrogen) atoms. The van der Waals surface area contributed by atoms with E-state index in [-0.39, 0.29) is 23.1 Å². The third kappa shape index (κ3) is 3.91. The first kappa shape index (κ1) is 23.3. The number of hydrogen-bond acceptors (Lipinski definition) is 4. The van der Waals surface area contributed by atoms with Crippen molar-refractivity contribution in [2.75, 3.05) is 12.8 Å². The highest BCUT2D eigenvalue weighted by Crippen LogP contribution is 2.59. The predicted octanol–water partition coefficient (Wildman–Crippen LogP) is 2.86. The van der Waals surface area contributed by atoms with Gasteiger partial charge in [-0.05, 0) is 42.5 Å². The third-order valence-electron chi connectivity index (χ3n) is 7.21. The zero-order chi connectivity index (χ0) is 24.5. The number of alkyl halides is 1. The fraction of sp³-hybridized carbons (Fsp3) is 0.458. The fourth-order valence-electron chi connectivity index (χ4n) is 5.08. The number of nitrogens with one attached hydrogen (secondary N) is 1. The highest BCUT2D eigenvalue weighted by molar-refractivity contribution is 7.88. The Morgan fingerprint density at radius 1 is 1.15 bits per heavy atom. The van der Waals surface area contributed by atoms with Gasteiger partial charge in [-0.25, -0.2) is 26.3 Å². The van der Waals surface area contributed by atoms with Crippen molar-refractivity contribution in [2.24, 2.45) is 5.92 Å². The van der Waals surface area contributed by atoms with Gasteiger partial charge in [-0.3, -0.25) is 4.79 Å². The molecule has 0 radical (unpaired) electrons. The van der Waals surface area contributed by atoms with Gasteiger partial charge in [0.1, 0.15) is 17.3 Å². The summed E-state index contributed by atoms with van der Waals surface area (Å²) in [6.45, 7) is 0.317. The summed E-state index contributed by atoms with van der Waals surface area (Å²) in [5.41, 5.74) is -3.57. The smallest absolute Gasteiger partial charge is 0.229 e. The predicted molar refractivity (Wildman–Crippen MR) is 119 cm³/mol. The van der Waals surface area contributed by atoms with E-state index in [4.69, 9.17) is 0 Å². The molecule has 0 spiro atoms. The highest BCUT2D eigenvalue weighted by atomic mass is 32.2. The van der Waals surface area contributed by atoms with Crippen LogP contribution in [0.5, 0.6) is 0 Å². The molecule has 2 aliphatic carbocycles. The second-order valence-electron chi connectivity index (χ2n) is 9.62. The van der Waals surface area contributed by atoms with E-state index in [1.54, 1.807) is 12.1 Å². The van der Waals surface area contributed by atoms with Gasteiger partial charge < -0.3 is 10.0 Å². The third-order valence-corrected chi connectivity index (χ3v) is 7.90. The minimum absolute atomic E-state index is 0.0426. The quantitative estimate of drug-likeness (QED) is 0.620. The Kier molecular flexibility index (Phi) is 5.34. The van der Waals surface area contributed by atoms with E-state index in [1.165, 1.54) is 23.1 Å². The maximum atomic E-state index is 16.1. The van der Waals surface area contributed by atoms with Gasteiger partial charge in [0.15, 0.2) is 0 Å². The average Bonchev–Trinajstić information content (AvgIpc) is 3.63. The minimum atomic E-state index is -3.64. The number of hydrogen-bond donors (Lipinski definition) is 2. The standard InChI is InChI=1S/C24H25F3N2O4S/c1-34(32,33)28-21(23(31)10-11-23)19-9-12-29(19)22(30)16-13-24(16,27)15-6-3-2-5-14(15)20-17(25)7-4-8-18(20)26/h2-8,16,19,21,28,31H,9-13H2,1H3/t16-,19-,21-,24+/m0/s1. The maximum Gasteiger partial charge on any atom is 0.229 e. The molecule has 0 bridgehead atoms. The fourth-order valence-corrected chi connectivity index (χ4v) is 5.92. The Morgan fingerprint density at radius 2 is 1.79 bits per heavy atom. The molecule has 2 aromatic rings. The van der Waals surface area contributed by atoms with Crippen LogP contribution in [0.1, 0.15) is 31.2 Å². The maximum absolute atomic E-state index is 16.1. The van der Waals surface area contributed by atoms with Crippen LogP contribution in [0.3, 0.4) is 0 Å². The monoisotopic (exact) mass is 494 g/mol. The lowest BCUT2D eigenvalue weighted by Crippen LogP contribution is -2.65. The molecule has 6 nitrogen and oxygen atoms in total. The average molecular weight is 495 g/mol. The lowest BCUT2D eigenvalue weighted by Gasteiger charge is -2.47. The number of nitrogens with zero attached hydrogens (tertiary/aromatic N) is 1. The molecule has 2 saturated carbocycles. The first-order chi connectivity index (χ1) is 15.9. The first-order valence-electron chi connectivity index (χ1n) is 11.2. The van der Waals surface area contributed by atoms with Crippen LogP contribution in [-0.2, 0) is 20.5 Å². The van der Waals surface area contributed by atoms with Crippen LogP contribution < -0.4 is 4.72 Å².